The largest absolute Gasteiger partial charge is 0.232 e. The maximum absolute atomic E-state index is 12.1. The van der Waals surface area contributed by atoms with E-state index in [1.54, 1.807) is 0 Å². The van der Waals surface area contributed by atoms with Crippen LogP contribution in [0, 0.1) is 5.92 Å². The molecular formula is C11H17N2OS. The summed E-state index contributed by atoms with van der Waals surface area (Å²) in [4.78, 5) is 3.94. The van der Waals surface area contributed by atoms with Crippen LogP contribution in [0.3, 0.4) is 0 Å². The van der Waals surface area contributed by atoms with Gasteiger partial charge in [-0.2, -0.15) is 0 Å². The van der Waals surface area contributed by atoms with E-state index < -0.39 is 11.1 Å². The van der Waals surface area contributed by atoms with Gasteiger partial charge in [0.1, 0.15) is 0 Å². The molecule has 0 saturated carbocycles. The zero-order valence-corrected chi connectivity index (χ0v) is 10.5. The summed E-state index contributed by atoms with van der Waals surface area (Å²) in [6.07, 6.45) is 0. The van der Waals surface area contributed by atoms with E-state index in [-0.39, 0.29) is 5.92 Å². The fourth-order valence-electron chi connectivity index (χ4n) is 2.31. The SMILES string of the molecule is C=C1C(CN=C=S)C(C)(C)N([O])C1(C)C. The molecule has 4 heteroatoms. The Morgan fingerprint density at radius 2 is 2.07 bits per heavy atom. The van der Waals surface area contributed by atoms with Gasteiger partial charge in [-0.25, -0.2) is 4.99 Å². The molecule has 1 rings (SSSR count). The van der Waals surface area contributed by atoms with Gasteiger partial charge < -0.3 is 0 Å². The number of nitrogens with zero attached hydrogens (tertiary/aromatic N) is 2. The number of rotatable bonds is 2. The highest BCUT2D eigenvalue weighted by Gasteiger charge is 2.54. The summed E-state index contributed by atoms with van der Waals surface area (Å²) in [7, 11) is 0. The summed E-state index contributed by atoms with van der Waals surface area (Å²) in [5.41, 5.74) is -0.0713. The van der Waals surface area contributed by atoms with E-state index in [1.807, 2.05) is 27.7 Å². The van der Waals surface area contributed by atoms with Crippen LogP contribution in [-0.2, 0) is 5.21 Å². The van der Waals surface area contributed by atoms with E-state index in [0.29, 0.717) is 6.54 Å². The molecule has 1 radical (unpaired) electrons. The minimum atomic E-state index is -0.523. The first-order chi connectivity index (χ1) is 6.76. The minimum absolute atomic E-state index is 0.0421. The number of isothiocyanates is 1. The van der Waals surface area contributed by atoms with Crippen LogP contribution in [0.15, 0.2) is 17.1 Å². The molecule has 1 saturated heterocycles. The Morgan fingerprint density at radius 1 is 1.53 bits per heavy atom. The van der Waals surface area contributed by atoms with Gasteiger partial charge in [-0.15, -0.1) is 10.3 Å². The first-order valence-corrected chi connectivity index (χ1v) is 5.37. The number of hydrogen-bond donors (Lipinski definition) is 0. The molecule has 0 aromatic heterocycles. The average molecular weight is 225 g/mol. The molecule has 0 N–H and O–H groups in total. The predicted octanol–water partition coefficient (Wildman–Crippen LogP) is 2.48. The third-order valence-electron chi connectivity index (χ3n) is 3.43. The Morgan fingerprint density at radius 3 is 2.40 bits per heavy atom. The molecule has 0 amide bonds. The second kappa shape index (κ2) is 3.80. The van der Waals surface area contributed by atoms with Gasteiger partial charge in [0.15, 0.2) is 0 Å². The van der Waals surface area contributed by atoms with E-state index in [4.69, 9.17) is 0 Å². The summed E-state index contributed by atoms with van der Waals surface area (Å²) < 4.78 is 0. The van der Waals surface area contributed by atoms with Crippen molar-refractivity contribution in [1.29, 1.82) is 0 Å². The molecule has 0 aromatic carbocycles. The molecule has 0 bridgehead atoms. The number of hydrogen-bond acceptors (Lipinski definition) is 3. The molecule has 1 fully saturated rings. The van der Waals surface area contributed by atoms with Gasteiger partial charge in [0.2, 0.25) is 0 Å². The molecule has 1 aliphatic heterocycles. The Hall–Kier alpha value is -0.540. The lowest BCUT2D eigenvalue weighted by Crippen LogP contribution is -2.46. The number of thiocarbonyl (C=S) groups is 1. The normalized spacial score (nSPS) is 28.9. The average Bonchev–Trinajstić information content (AvgIpc) is 2.25. The Kier molecular flexibility index (Phi) is 3.17. The molecule has 3 nitrogen and oxygen atoms in total. The first-order valence-electron chi connectivity index (χ1n) is 4.96. The maximum Gasteiger partial charge on any atom is 0.0653 e. The molecular weight excluding hydrogens is 208 g/mol. The monoisotopic (exact) mass is 225 g/mol. The fraction of sp³-hybridized carbons (Fsp3) is 0.727. The van der Waals surface area contributed by atoms with Crippen molar-refractivity contribution in [2.75, 3.05) is 6.54 Å². The van der Waals surface area contributed by atoms with Crippen molar-refractivity contribution in [1.82, 2.24) is 5.06 Å². The molecule has 15 heavy (non-hydrogen) atoms. The van der Waals surface area contributed by atoms with Gasteiger partial charge in [-0.05, 0) is 45.5 Å². The van der Waals surface area contributed by atoms with Gasteiger partial charge in [-0.1, -0.05) is 6.58 Å². The van der Waals surface area contributed by atoms with Crippen LogP contribution in [0.25, 0.3) is 0 Å². The van der Waals surface area contributed by atoms with Crippen molar-refractivity contribution in [2.24, 2.45) is 10.9 Å². The molecule has 1 heterocycles. The van der Waals surface area contributed by atoms with Crippen LogP contribution < -0.4 is 0 Å². The topological polar surface area (TPSA) is 35.5 Å². The van der Waals surface area contributed by atoms with E-state index in [2.05, 4.69) is 29.0 Å². The van der Waals surface area contributed by atoms with Crippen LogP contribution in [0.1, 0.15) is 27.7 Å². The standard InChI is InChI=1S/C11H17N2OS/c1-8-9(6-12-7-15)11(4,5)13(14)10(8,2)3/h9H,1,6H2,2-5H3. The molecule has 1 atom stereocenters. The van der Waals surface area contributed by atoms with Crippen LogP contribution in [0.2, 0.25) is 0 Å². The summed E-state index contributed by atoms with van der Waals surface area (Å²) in [5.74, 6) is 0.0421. The summed E-state index contributed by atoms with van der Waals surface area (Å²) in [5, 5.41) is 15.6. The zero-order valence-electron chi connectivity index (χ0n) is 9.70. The van der Waals surface area contributed by atoms with Gasteiger partial charge in [0, 0.05) is 5.92 Å². The Labute approximate surface area is 96.5 Å². The second-order valence-electron chi connectivity index (χ2n) is 5.02. The molecule has 0 aromatic rings. The smallest absolute Gasteiger partial charge is 0.0653 e. The summed E-state index contributed by atoms with van der Waals surface area (Å²) >= 11 is 4.55. The van der Waals surface area contributed by atoms with Crippen molar-refractivity contribution in [2.45, 2.75) is 38.8 Å². The number of hydroxylamine groups is 2. The second-order valence-corrected chi connectivity index (χ2v) is 5.20. The van der Waals surface area contributed by atoms with Crippen molar-refractivity contribution >= 4 is 17.4 Å². The van der Waals surface area contributed by atoms with Gasteiger partial charge in [0.05, 0.1) is 22.8 Å². The van der Waals surface area contributed by atoms with Gasteiger partial charge in [-0.3, -0.25) is 0 Å². The van der Waals surface area contributed by atoms with Crippen molar-refractivity contribution in [3.63, 3.8) is 0 Å². The van der Waals surface area contributed by atoms with Gasteiger partial charge in [0.25, 0.3) is 0 Å². The van der Waals surface area contributed by atoms with Crippen LogP contribution in [0.4, 0.5) is 0 Å². The van der Waals surface area contributed by atoms with Crippen molar-refractivity contribution in [3.8, 4) is 0 Å². The quantitative estimate of drug-likeness (QED) is 0.411. The predicted molar refractivity (Wildman–Crippen MR) is 63.2 cm³/mol. The highest BCUT2D eigenvalue weighted by molar-refractivity contribution is 7.78. The van der Waals surface area contributed by atoms with Gasteiger partial charge >= 0.3 is 0 Å². The lowest BCUT2D eigenvalue weighted by Gasteiger charge is -2.32. The summed E-state index contributed by atoms with van der Waals surface area (Å²) in [6.45, 7) is 12.1. The first kappa shape index (κ1) is 12.5. The van der Waals surface area contributed by atoms with E-state index in [0.717, 1.165) is 10.6 Å². The van der Waals surface area contributed by atoms with Crippen molar-refractivity contribution < 1.29 is 5.21 Å². The Bertz CT molecular complexity index is 329. The Balaban J connectivity index is 3.07. The lowest BCUT2D eigenvalue weighted by molar-refractivity contribution is -0.245. The van der Waals surface area contributed by atoms with Crippen LogP contribution in [0.5, 0.6) is 0 Å². The fourth-order valence-corrected chi connectivity index (χ4v) is 2.38. The molecule has 0 aliphatic carbocycles. The zero-order chi connectivity index (χ0) is 11.9. The van der Waals surface area contributed by atoms with Crippen molar-refractivity contribution in [3.05, 3.63) is 12.2 Å². The van der Waals surface area contributed by atoms with Crippen LogP contribution in [-0.4, -0.2) is 27.8 Å². The molecule has 83 valence electrons. The highest BCUT2D eigenvalue weighted by Crippen LogP contribution is 2.46. The lowest BCUT2D eigenvalue weighted by atomic mass is 9.83. The summed E-state index contributed by atoms with van der Waals surface area (Å²) in [6, 6.07) is 0. The third kappa shape index (κ3) is 1.79. The third-order valence-corrected chi connectivity index (χ3v) is 3.56. The van der Waals surface area contributed by atoms with E-state index in [9.17, 15) is 5.21 Å². The van der Waals surface area contributed by atoms with Crippen LogP contribution >= 0.6 is 12.2 Å². The molecule has 0 spiro atoms. The molecule has 1 aliphatic rings. The maximum atomic E-state index is 12.1. The van der Waals surface area contributed by atoms with E-state index in [1.165, 1.54) is 0 Å². The molecule has 1 unspecified atom stereocenters. The number of aliphatic imine (C=N–C) groups is 1. The minimum Gasteiger partial charge on any atom is -0.232 e. The highest BCUT2D eigenvalue weighted by atomic mass is 32.1. The van der Waals surface area contributed by atoms with E-state index >= 15 is 0 Å².